The van der Waals surface area contributed by atoms with Crippen molar-refractivity contribution >= 4 is 28.2 Å². The minimum atomic E-state index is -0.311. The SMILES string of the molecule is CNc1ncc2cc(C)cc(F)c2c1Cl. The number of anilines is 1. The van der Waals surface area contributed by atoms with E-state index in [1.807, 2.05) is 13.0 Å². The summed E-state index contributed by atoms with van der Waals surface area (Å²) in [5.74, 6) is 0.181. The highest BCUT2D eigenvalue weighted by atomic mass is 35.5. The summed E-state index contributed by atoms with van der Waals surface area (Å²) in [6, 6.07) is 3.32. The van der Waals surface area contributed by atoms with Crippen LogP contribution in [0.2, 0.25) is 5.02 Å². The first-order valence-electron chi connectivity index (χ1n) is 4.55. The smallest absolute Gasteiger partial charge is 0.145 e. The Labute approximate surface area is 92.1 Å². The molecule has 4 heteroatoms. The quantitative estimate of drug-likeness (QED) is 0.803. The number of aryl methyl sites for hydroxylation is 1. The summed E-state index contributed by atoms with van der Waals surface area (Å²) in [6.45, 7) is 1.84. The Balaban J connectivity index is 2.87. The Hall–Kier alpha value is -1.35. The number of benzene rings is 1. The molecular weight excluding hydrogens is 215 g/mol. The van der Waals surface area contributed by atoms with Crippen molar-refractivity contribution in [2.24, 2.45) is 0 Å². The van der Waals surface area contributed by atoms with Gasteiger partial charge in [-0.15, -0.1) is 0 Å². The van der Waals surface area contributed by atoms with Gasteiger partial charge in [-0.25, -0.2) is 9.37 Å². The van der Waals surface area contributed by atoms with Gasteiger partial charge in [-0.05, 0) is 24.6 Å². The number of hydrogen-bond donors (Lipinski definition) is 1. The molecule has 0 unspecified atom stereocenters. The van der Waals surface area contributed by atoms with E-state index in [4.69, 9.17) is 11.6 Å². The first-order chi connectivity index (χ1) is 7.13. The minimum Gasteiger partial charge on any atom is -0.372 e. The second-order valence-electron chi connectivity index (χ2n) is 3.38. The number of pyridine rings is 1. The zero-order chi connectivity index (χ0) is 11.0. The summed E-state index contributed by atoms with van der Waals surface area (Å²) in [7, 11) is 1.70. The normalized spacial score (nSPS) is 10.7. The van der Waals surface area contributed by atoms with Crippen LogP contribution in [0.25, 0.3) is 10.8 Å². The molecule has 0 amide bonds. The van der Waals surface area contributed by atoms with Gasteiger partial charge in [0.1, 0.15) is 11.6 Å². The Kier molecular flexibility index (Phi) is 2.49. The van der Waals surface area contributed by atoms with Crippen LogP contribution in [-0.4, -0.2) is 12.0 Å². The van der Waals surface area contributed by atoms with Crippen LogP contribution in [-0.2, 0) is 0 Å². The molecule has 0 aliphatic rings. The summed E-state index contributed by atoms with van der Waals surface area (Å²) in [6.07, 6.45) is 1.61. The third-order valence-corrected chi connectivity index (χ3v) is 2.63. The van der Waals surface area contributed by atoms with E-state index >= 15 is 0 Å². The maximum atomic E-state index is 13.7. The van der Waals surface area contributed by atoms with E-state index in [0.717, 1.165) is 10.9 Å². The predicted molar refractivity (Wildman–Crippen MR) is 61.0 cm³/mol. The van der Waals surface area contributed by atoms with Crippen molar-refractivity contribution in [3.63, 3.8) is 0 Å². The zero-order valence-corrected chi connectivity index (χ0v) is 9.19. The van der Waals surface area contributed by atoms with Crippen LogP contribution in [0.3, 0.4) is 0 Å². The lowest BCUT2D eigenvalue weighted by molar-refractivity contribution is 0.638. The van der Waals surface area contributed by atoms with Crippen LogP contribution in [0.4, 0.5) is 10.2 Å². The van der Waals surface area contributed by atoms with Crippen molar-refractivity contribution in [3.8, 4) is 0 Å². The Morgan fingerprint density at radius 3 is 2.80 bits per heavy atom. The molecule has 78 valence electrons. The molecule has 1 N–H and O–H groups in total. The van der Waals surface area contributed by atoms with Crippen LogP contribution >= 0.6 is 11.6 Å². The second kappa shape index (κ2) is 3.66. The molecule has 2 rings (SSSR count). The minimum absolute atomic E-state index is 0.311. The van der Waals surface area contributed by atoms with Gasteiger partial charge in [-0.2, -0.15) is 0 Å². The van der Waals surface area contributed by atoms with E-state index in [1.165, 1.54) is 6.07 Å². The molecule has 0 aliphatic heterocycles. The third kappa shape index (κ3) is 1.63. The molecule has 1 aromatic carbocycles. The van der Waals surface area contributed by atoms with Crippen molar-refractivity contribution < 1.29 is 4.39 Å². The van der Waals surface area contributed by atoms with Gasteiger partial charge in [0.15, 0.2) is 0 Å². The van der Waals surface area contributed by atoms with Gasteiger partial charge in [0, 0.05) is 24.0 Å². The number of aromatic nitrogens is 1. The predicted octanol–water partition coefficient (Wildman–Crippen LogP) is 3.38. The van der Waals surface area contributed by atoms with Crippen LogP contribution in [0.5, 0.6) is 0 Å². The lowest BCUT2D eigenvalue weighted by atomic mass is 10.1. The highest BCUT2D eigenvalue weighted by molar-refractivity contribution is 6.37. The molecule has 1 heterocycles. The van der Waals surface area contributed by atoms with Gasteiger partial charge < -0.3 is 5.32 Å². The Bertz CT molecular complexity index is 525. The standard InChI is InChI=1S/C11H10ClFN2/c1-6-3-7-5-15-11(14-2)10(12)9(7)8(13)4-6/h3-5H,1-2H3,(H,14,15). The van der Waals surface area contributed by atoms with Gasteiger partial charge in [-0.3, -0.25) is 0 Å². The van der Waals surface area contributed by atoms with Crippen molar-refractivity contribution in [2.75, 3.05) is 12.4 Å². The summed E-state index contributed by atoms with van der Waals surface area (Å²) in [4.78, 5) is 4.10. The van der Waals surface area contributed by atoms with Crippen molar-refractivity contribution in [1.29, 1.82) is 0 Å². The zero-order valence-electron chi connectivity index (χ0n) is 8.44. The fraction of sp³-hybridized carbons (Fsp3) is 0.182. The summed E-state index contributed by atoms with van der Waals surface area (Å²) in [5, 5.41) is 4.28. The van der Waals surface area contributed by atoms with E-state index in [9.17, 15) is 4.39 Å². The molecule has 1 aromatic heterocycles. The molecule has 2 aromatic rings. The van der Waals surface area contributed by atoms with Crippen LogP contribution in [0, 0.1) is 12.7 Å². The fourth-order valence-corrected chi connectivity index (χ4v) is 1.93. The van der Waals surface area contributed by atoms with Crippen molar-refractivity contribution in [1.82, 2.24) is 4.98 Å². The van der Waals surface area contributed by atoms with E-state index in [1.54, 1.807) is 13.2 Å². The van der Waals surface area contributed by atoms with Gasteiger partial charge in [0.25, 0.3) is 0 Å². The molecule has 2 nitrogen and oxygen atoms in total. The molecule has 15 heavy (non-hydrogen) atoms. The lowest BCUT2D eigenvalue weighted by Crippen LogP contribution is -1.95. The largest absolute Gasteiger partial charge is 0.372 e. The van der Waals surface area contributed by atoms with Gasteiger partial charge in [0.2, 0.25) is 0 Å². The number of nitrogens with zero attached hydrogens (tertiary/aromatic N) is 1. The van der Waals surface area contributed by atoms with Crippen LogP contribution in [0.15, 0.2) is 18.3 Å². The highest BCUT2D eigenvalue weighted by Gasteiger charge is 2.10. The fourth-order valence-electron chi connectivity index (χ4n) is 1.59. The summed E-state index contributed by atoms with van der Waals surface area (Å²) >= 11 is 6.03. The first kappa shape index (κ1) is 10.2. The molecule has 0 bridgehead atoms. The average Bonchev–Trinajstić information content (AvgIpc) is 2.17. The Morgan fingerprint density at radius 1 is 1.40 bits per heavy atom. The van der Waals surface area contributed by atoms with E-state index in [2.05, 4.69) is 10.3 Å². The van der Waals surface area contributed by atoms with E-state index < -0.39 is 0 Å². The number of fused-ring (bicyclic) bond motifs is 1. The molecule has 0 fully saturated rings. The third-order valence-electron chi connectivity index (χ3n) is 2.26. The number of rotatable bonds is 1. The topological polar surface area (TPSA) is 24.9 Å². The summed E-state index contributed by atoms with van der Waals surface area (Å²) in [5.41, 5.74) is 0.857. The molecule has 0 aliphatic carbocycles. The monoisotopic (exact) mass is 224 g/mol. The summed E-state index contributed by atoms with van der Waals surface area (Å²) < 4.78 is 13.7. The molecule has 0 atom stereocenters. The van der Waals surface area contributed by atoms with Gasteiger partial charge in [-0.1, -0.05) is 11.6 Å². The molecule has 0 saturated carbocycles. The van der Waals surface area contributed by atoms with E-state index in [0.29, 0.717) is 16.2 Å². The molecular formula is C11H10ClFN2. The van der Waals surface area contributed by atoms with Crippen molar-refractivity contribution in [3.05, 3.63) is 34.7 Å². The molecule has 0 radical (unpaired) electrons. The molecule has 0 saturated heterocycles. The van der Waals surface area contributed by atoms with E-state index in [-0.39, 0.29) is 5.82 Å². The second-order valence-corrected chi connectivity index (χ2v) is 3.76. The lowest BCUT2D eigenvalue weighted by Gasteiger charge is -2.07. The number of hydrogen-bond acceptors (Lipinski definition) is 2. The maximum absolute atomic E-state index is 13.7. The first-order valence-corrected chi connectivity index (χ1v) is 4.93. The van der Waals surface area contributed by atoms with Gasteiger partial charge in [0.05, 0.1) is 5.02 Å². The number of nitrogens with one attached hydrogen (secondary N) is 1. The maximum Gasteiger partial charge on any atom is 0.145 e. The van der Waals surface area contributed by atoms with Gasteiger partial charge >= 0.3 is 0 Å². The highest BCUT2D eigenvalue weighted by Crippen LogP contribution is 2.31. The molecule has 0 spiro atoms. The average molecular weight is 225 g/mol. The number of halogens is 2. The Morgan fingerprint density at radius 2 is 2.13 bits per heavy atom. The van der Waals surface area contributed by atoms with Crippen molar-refractivity contribution in [2.45, 2.75) is 6.92 Å². The van der Waals surface area contributed by atoms with Crippen LogP contribution in [0.1, 0.15) is 5.56 Å². The van der Waals surface area contributed by atoms with Crippen LogP contribution < -0.4 is 5.32 Å².